The van der Waals surface area contributed by atoms with Crippen molar-refractivity contribution in [3.63, 3.8) is 0 Å². The van der Waals surface area contributed by atoms with Crippen molar-refractivity contribution >= 4 is 54.6 Å². The summed E-state index contributed by atoms with van der Waals surface area (Å²) in [4.78, 5) is 42.4. The number of imide groups is 1. The van der Waals surface area contributed by atoms with E-state index < -0.39 is 17.4 Å². The maximum atomic E-state index is 12.4. The van der Waals surface area contributed by atoms with E-state index in [4.69, 9.17) is 4.42 Å². The summed E-state index contributed by atoms with van der Waals surface area (Å²) in [5.74, 6) is -0.866. The maximum Gasteiger partial charge on any atom is 0.346 e. The van der Waals surface area contributed by atoms with Crippen LogP contribution in [0.25, 0.3) is 10.9 Å². The van der Waals surface area contributed by atoms with Crippen LogP contribution in [0.1, 0.15) is 26.6 Å². The molecule has 124 valence electrons. The Morgan fingerprint density at radius 1 is 1.00 bits per heavy atom. The van der Waals surface area contributed by atoms with Gasteiger partial charge in [-0.2, -0.15) is 0 Å². The third-order valence-corrected chi connectivity index (χ3v) is 4.93. The predicted molar refractivity (Wildman–Crippen MR) is 96.3 cm³/mol. The van der Waals surface area contributed by atoms with Crippen LogP contribution in [0.15, 0.2) is 54.6 Å². The lowest BCUT2D eigenvalue weighted by molar-refractivity contribution is 0.0626. The molecule has 1 aliphatic rings. The molecule has 0 saturated heterocycles. The van der Waals surface area contributed by atoms with Gasteiger partial charge >= 0.3 is 5.63 Å². The molecular formula is C17H8Br2N2O4. The summed E-state index contributed by atoms with van der Waals surface area (Å²) >= 11 is 6.66. The molecule has 25 heavy (non-hydrogen) atoms. The first-order valence-corrected chi connectivity index (χ1v) is 8.78. The van der Waals surface area contributed by atoms with Crippen molar-refractivity contribution in [2.24, 2.45) is 0 Å². The monoisotopic (exact) mass is 462 g/mol. The minimum absolute atomic E-state index is 0.00460. The number of benzene rings is 2. The van der Waals surface area contributed by atoms with Gasteiger partial charge in [0.1, 0.15) is 6.54 Å². The van der Waals surface area contributed by atoms with E-state index in [9.17, 15) is 14.4 Å². The van der Waals surface area contributed by atoms with E-state index in [1.165, 1.54) is 0 Å². The Bertz CT molecular complexity index is 1090. The van der Waals surface area contributed by atoms with Gasteiger partial charge in [-0.1, -0.05) is 28.1 Å². The van der Waals surface area contributed by atoms with Gasteiger partial charge in [-0.05, 0) is 40.2 Å². The van der Waals surface area contributed by atoms with Gasteiger partial charge in [0.05, 0.1) is 22.0 Å². The fraction of sp³-hybridized carbons (Fsp3) is 0.0588. The zero-order valence-electron chi connectivity index (χ0n) is 12.5. The fourth-order valence-electron chi connectivity index (χ4n) is 2.73. The van der Waals surface area contributed by atoms with Crippen molar-refractivity contribution < 1.29 is 14.0 Å². The molecule has 2 aromatic carbocycles. The molecule has 0 atom stereocenters. The molecule has 0 saturated carbocycles. The summed E-state index contributed by atoms with van der Waals surface area (Å²) in [7, 11) is 0. The molecule has 2 amide bonds. The Hall–Kier alpha value is -2.32. The Kier molecular flexibility index (Phi) is 3.81. The summed E-state index contributed by atoms with van der Waals surface area (Å²) in [6.07, 6.45) is 0. The molecule has 1 aliphatic heterocycles. The summed E-state index contributed by atoms with van der Waals surface area (Å²) < 4.78 is 6.51. The SMILES string of the molecule is O=C1c2ccccc2C(=O)N1Cc1nc2c(Br)cc(Br)cc2c(=O)o1. The number of carbonyl (C=O) groups is 2. The van der Waals surface area contributed by atoms with Gasteiger partial charge < -0.3 is 4.42 Å². The van der Waals surface area contributed by atoms with Crippen molar-refractivity contribution in [1.82, 2.24) is 9.88 Å². The molecule has 0 aliphatic carbocycles. The first-order chi connectivity index (χ1) is 12.0. The highest BCUT2D eigenvalue weighted by molar-refractivity contribution is 9.11. The predicted octanol–water partition coefficient (Wildman–Crippen LogP) is 3.51. The summed E-state index contributed by atoms with van der Waals surface area (Å²) in [5, 5.41) is 0.298. The van der Waals surface area contributed by atoms with Crippen LogP contribution in [0, 0.1) is 0 Å². The zero-order chi connectivity index (χ0) is 17.7. The van der Waals surface area contributed by atoms with Gasteiger partial charge in [-0.3, -0.25) is 14.5 Å². The minimum atomic E-state index is -0.585. The van der Waals surface area contributed by atoms with Crippen LogP contribution >= 0.6 is 31.9 Å². The first-order valence-electron chi connectivity index (χ1n) is 7.19. The molecule has 0 unspecified atom stereocenters. The second kappa shape index (κ2) is 5.89. The molecule has 1 aromatic heterocycles. The van der Waals surface area contributed by atoms with E-state index >= 15 is 0 Å². The van der Waals surface area contributed by atoms with E-state index in [0.717, 1.165) is 4.90 Å². The topological polar surface area (TPSA) is 80.5 Å². The van der Waals surface area contributed by atoms with Crippen LogP contribution < -0.4 is 5.63 Å². The summed E-state index contributed by atoms with van der Waals surface area (Å²) in [5.41, 5.74) is 0.492. The van der Waals surface area contributed by atoms with Gasteiger partial charge in [-0.25, -0.2) is 9.78 Å². The second-order valence-electron chi connectivity index (χ2n) is 5.42. The van der Waals surface area contributed by atoms with E-state index in [1.54, 1.807) is 36.4 Å². The minimum Gasteiger partial charge on any atom is -0.406 e. The highest BCUT2D eigenvalue weighted by Crippen LogP contribution is 2.27. The Balaban J connectivity index is 1.76. The summed E-state index contributed by atoms with van der Waals surface area (Å²) in [6.45, 7) is -0.208. The van der Waals surface area contributed by atoms with Crippen LogP contribution in [0.5, 0.6) is 0 Å². The smallest absolute Gasteiger partial charge is 0.346 e. The molecular weight excluding hydrogens is 456 g/mol. The highest BCUT2D eigenvalue weighted by atomic mass is 79.9. The van der Waals surface area contributed by atoms with E-state index in [-0.39, 0.29) is 12.4 Å². The van der Waals surface area contributed by atoms with E-state index in [1.807, 2.05) is 0 Å². The third kappa shape index (κ3) is 2.61. The van der Waals surface area contributed by atoms with Crippen LogP contribution in [-0.2, 0) is 6.54 Å². The van der Waals surface area contributed by atoms with Crippen molar-refractivity contribution in [2.45, 2.75) is 6.54 Å². The van der Waals surface area contributed by atoms with Gasteiger partial charge in [0.15, 0.2) is 0 Å². The Labute approximate surface area is 157 Å². The summed E-state index contributed by atoms with van der Waals surface area (Å²) in [6, 6.07) is 9.92. The van der Waals surface area contributed by atoms with Gasteiger partial charge in [-0.15, -0.1) is 0 Å². The maximum absolute atomic E-state index is 12.4. The van der Waals surface area contributed by atoms with E-state index in [2.05, 4.69) is 36.8 Å². The molecule has 8 heteroatoms. The lowest BCUT2D eigenvalue weighted by Crippen LogP contribution is -2.30. The number of nitrogens with zero attached hydrogens (tertiary/aromatic N) is 2. The molecule has 3 aromatic rings. The number of hydrogen-bond donors (Lipinski definition) is 0. The quantitative estimate of drug-likeness (QED) is 0.543. The number of carbonyl (C=O) groups excluding carboxylic acids is 2. The third-order valence-electron chi connectivity index (χ3n) is 3.87. The number of rotatable bonds is 2. The molecule has 0 spiro atoms. The number of aromatic nitrogens is 1. The van der Waals surface area contributed by atoms with Crippen molar-refractivity contribution in [3.05, 3.63) is 72.8 Å². The van der Waals surface area contributed by atoms with Crippen molar-refractivity contribution in [1.29, 1.82) is 0 Å². The largest absolute Gasteiger partial charge is 0.406 e. The van der Waals surface area contributed by atoms with E-state index in [0.29, 0.717) is 31.0 Å². The molecule has 0 radical (unpaired) electrons. The number of amides is 2. The van der Waals surface area contributed by atoms with Crippen LogP contribution in [0.3, 0.4) is 0 Å². The zero-order valence-corrected chi connectivity index (χ0v) is 15.6. The average Bonchev–Trinajstić information content (AvgIpc) is 2.82. The number of halogens is 2. The lowest BCUT2D eigenvalue weighted by Gasteiger charge is -2.12. The average molecular weight is 464 g/mol. The number of hydrogen-bond acceptors (Lipinski definition) is 5. The molecule has 2 heterocycles. The van der Waals surface area contributed by atoms with Crippen LogP contribution in [0.2, 0.25) is 0 Å². The number of fused-ring (bicyclic) bond motifs is 2. The Morgan fingerprint density at radius 3 is 2.28 bits per heavy atom. The molecule has 0 N–H and O–H groups in total. The van der Waals surface area contributed by atoms with Crippen LogP contribution in [0.4, 0.5) is 0 Å². The van der Waals surface area contributed by atoms with Gasteiger partial charge in [0.25, 0.3) is 11.8 Å². The molecule has 4 rings (SSSR count). The van der Waals surface area contributed by atoms with Gasteiger partial charge in [0.2, 0.25) is 5.89 Å². The lowest BCUT2D eigenvalue weighted by atomic mass is 10.1. The molecule has 0 bridgehead atoms. The second-order valence-corrected chi connectivity index (χ2v) is 7.19. The highest BCUT2D eigenvalue weighted by Gasteiger charge is 2.36. The van der Waals surface area contributed by atoms with Crippen molar-refractivity contribution in [3.8, 4) is 0 Å². The standard InChI is InChI=1S/C17H8Br2N2O4/c18-8-5-11-14(12(19)6-8)20-13(25-17(11)24)7-21-15(22)9-3-1-2-4-10(9)16(21)23/h1-6H,7H2. The van der Waals surface area contributed by atoms with Crippen molar-refractivity contribution in [2.75, 3.05) is 0 Å². The fourth-order valence-corrected chi connectivity index (χ4v) is 4.04. The van der Waals surface area contributed by atoms with Gasteiger partial charge in [0, 0.05) is 8.95 Å². The molecule has 0 fully saturated rings. The molecule has 6 nitrogen and oxygen atoms in total. The van der Waals surface area contributed by atoms with Crippen LogP contribution in [-0.4, -0.2) is 21.7 Å². The normalized spacial score (nSPS) is 13.6. The Morgan fingerprint density at radius 2 is 1.64 bits per heavy atom. The first kappa shape index (κ1) is 16.2.